The fraction of sp³-hybridized carbons (Fsp3) is 0.368. The second-order valence-electron chi connectivity index (χ2n) is 6.59. The third-order valence-corrected chi connectivity index (χ3v) is 4.36. The molecule has 134 valence electrons. The van der Waals surface area contributed by atoms with Crippen molar-refractivity contribution in [3.63, 3.8) is 0 Å². The van der Waals surface area contributed by atoms with E-state index in [-0.39, 0.29) is 0 Å². The number of hydrogen-bond donors (Lipinski definition) is 2. The molecule has 0 aliphatic rings. The lowest BCUT2D eigenvalue weighted by atomic mass is 9.83. The van der Waals surface area contributed by atoms with Crippen LogP contribution in [0.3, 0.4) is 0 Å². The Morgan fingerprint density at radius 3 is 2.48 bits per heavy atom. The number of carbonyl (C=O) groups is 1. The van der Waals surface area contributed by atoms with Crippen molar-refractivity contribution in [2.24, 2.45) is 5.73 Å². The molecule has 1 unspecified atom stereocenters. The normalized spacial score (nSPS) is 14.0. The summed E-state index contributed by atoms with van der Waals surface area (Å²) in [5, 5.41) is 12.0. The van der Waals surface area contributed by atoms with Crippen molar-refractivity contribution in [1.29, 1.82) is 0 Å². The lowest BCUT2D eigenvalue weighted by Crippen LogP contribution is -2.35. The van der Waals surface area contributed by atoms with E-state index in [4.69, 9.17) is 22.1 Å². The number of pyridine rings is 1. The van der Waals surface area contributed by atoms with Crippen LogP contribution in [-0.2, 0) is 16.8 Å². The maximum atomic E-state index is 11.4. The average Bonchev–Trinajstić information content (AvgIpc) is 2.53. The van der Waals surface area contributed by atoms with Gasteiger partial charge in [0.05, 0.1) is 5.69 Å². The molecule has 1 aromatic heterocycles. The third-order valence-electron chi connectivity index (χ3n) is 4.11. The minimum absolute atomic E-state index is 0.370. The number of ether oxygens (including phenoxy) is 1. The molecule has 0 bridgehead atoms. The summed E-state index contributed by atoms with van der Waals surface area (Å²) in [6, 6.07) is 10.7. The van der Waals surface area contributed by atoms with Gasteiger partial charge in [0.15, 0.2) is 0 Å². The number of amides is 1. The highest BCUT2D eigenvalue weighted by Crippen LogP contribution is 2.35. The number of aliphatic hydroxyl groups is 1. The summed E-state index contributed by atoms with van der Waals surface area (Å²) in [6.45, 7) is 5.42. The first-order valence-corrected chi connectivity index (χ1v) is 8.47. The molecule has 2 aromatic rings. The highest BCUT2D eigenvalue weighted by molar-refractivity contribution is 6.30. The minimum Gasteiger partial charge on any atom is -0.443 e. The highest BCUT2D eigenvalue weighted by Gasteiger charge is 2.35. The Hall–Kier alpha value is -2.11. The number of benzene rings is 1. The van der Waals surface area contributed by atoms with E-state index in [2.05, 4.69) is 4.98 Å². The van der Waals surface area contributed by atoms with Crippen LogP contribution in [0.4, 0.5) is 4.79 Å². The van der Waals surface area contributed by atoms with Crippen molar-refractivity contribution in [2.75, 3.05) is 0 Å². The number of nitrogens with two attached hydrogens (primary N) is 1. The Kier molecular flexibility index (Phi) is 5.70. The lowest BCUT2D eigenvalue weighted by Gasteiger charge is -2.31. The molecule has 0 radical (unpaired) electrons. The van der Waals surface area contributed by atoms with Crippen molar-refractivity contribution in [1.82, 2.24) is 4.98 Å². The minimum atomic E-state index is -1.27. The fourth-order valence-corrected chi connectivity index (χ4v) is 3.08. The van der Waals surface area contributed by atoms with Crippen LogP contribution in [0, 0.1) is 0 Å². The maximum absolute atomic E-state index is 11.4. The average molecular weight is 363 g/mol. The number of rotatable bonds is 6. The van der Waals surface area contributed by atoms with Crippen molar-refractivity contribution in [3.8, 4) is 0 Å². The largest absolute Gasteiger partial charge is 0.443 e. The quantitative estimate of drug-likeness (QED) is 0.818. The molecule has 3 N–H and O–H groups in total. The van der Waals surface area contributed by atoms with Crippen LogP contribution in [0.5, 0.6) is 0 Å². The molecule has 0 aliphatic carbocycles. The molecule has 1 heterocycles. The van der Waals surface area contributed by atoms with Gasteiger partial charge in [-0.05, 0) is 49.6 Å². The number of halogens is 1. The Balaban J connectivity index is 2.47. The van der Waals surface area contributed by atoms with Crippen molar-refractivity contribution < 1.29 is 14.6 Å². The van der Waals surface area contributed by atoms with Crippen LogP contribution < -0.4 is 5.73 Å². The van der Waals surface area contributed by atoms with Crippen LogP contribution in [-0.4, -0.2) is 21.8 Å². The Labute approximate surface area is 152 Å². The topological polar surface area (TPSA) is 85.4 Å². The first-order chi connectivity index (χ1) is 11.7. The van der Waals surface area contributed by atoms with E-state index in [9.17, 15) is 9.90 Å². The molecule has 0 saturated heterocycles. The molecule has 25 heavy (non-hydrogen) atoms. The van der Waals surface area contributed by atoms with E-state index < -0.39 is 17.3 Å². The van der Waals surface area contributed by atoms with E-state index in [1.54, 1.807) is 50.4 Å². The molecular formula is C19H23ClN2O3. The molecular weight excluding hydrogens is 340 g/mol. The summed E-state index contributed by atoms with van der Waals surface area (Å²) in [7, 11) is 0. The van der Waals surface area contributed by atoms with Gasteiger partial charge in [-0.3, -0.25) is 4.98 Å². The van der Waals surface area contributed by atoms with Gasteiger partial charge in [-0.15, -0.1) is 0 Å². The van der Waals surface area contributed by atoms with E-state index in [0.29, 0.717) is 29.1 Å². The molecule has 0 saturated carbocycles. The fourth-order valence-electron chi connectivity index (χ4n) is 2.95. The molecule has 1 atom stereocenters. The molecule has 1 aromatic carbocycles. The van der Waals surface area contributed by atoms with Gasteiger partial charge in [0.25, 0.3) is 0 Å². The SMILES string of the molecule is CCC(O)(c1ccc(Cl)cc1)c1ncccc1CC(C)(C)OC(N)=O. The van der Waals surface area contributed by atoms with Crippen molar-refractivity contribution >= 4 is 17.7 Å². The third kappa shape index (κ3) is 4.50. The number of hydrogen-bond acceptors (Lipinski definition) is 4. The Morgan fingerprint density at radius 2 is 1.92 bits per heavy atom. The van der Waals surface area contributed by atoms with Gasteiger partial charge in [0, 0.05) is 17.6 Å². The lowest BCUT2D eigenvalue weighted by molar-refractivity contribution is 0.0426. The summed E-state index contributed by atoms with van der Waals surface area (Å²) < 4.78 is 5.18. The number of carbonyl (C=O) groups excluding carboxylic acids is 1. The van der Waals surface area contributed by atoms with Crippen LogP contribution in [0.2, 0.25) is 5.02 Å². The van der Waals surface area contributed by atoms with Crippen LogP contribution >= 0.6 is 11.6 Å². The molecule has 1 amide bonds. The van der Waals surface area contributed by atoms with E-state index >= 15 is 0 Å². The summed E-state index contributed by atoms with van der Waals surface area (Å²) in [4.78, 5) is 15.5. The van der Waals surface area contributed by atoms with E-state index in [0.717, 1.165) is 5.56 Å². The summed E-state index contributed by atoms with van der Waals surface area (Å²) in [5.41, 5.74) is 5.07. The first-order valence-electron chi connectivity index (χ1n) is 8.09. The second-order valence-corrected chi connectivity index (χ2v) is 7.03. The molecule has 6 heteroatoms. The zero-order valence-corrected chi connectivity index (χ0v) is 15.4. The van der Waals surface area contributed by atoms with Gasteiger partial charge >= 0.3 is 6.09 Å². The number of primary amides is 1. The molecule has 2 rings (SSSR count). The van der Waals surface area contributed by atoms with Gasteiger partial charge in [-0.25, -0.2) is 4.79 Å². The van der Waals surface area contributed by atoms with E-state index in [1.165, 1.54) is 0 Å². The molecule has 5 nitrogen and oxygen atoms in total. The Morgan fingerprint density at radius 1 is 1.28 bits per heavy atom. The summed E-state index contributed by atoms with van der Waals surface area (Å²) >= 11 is 5.96. The Bertz CT molecular complexity index is 747. The molecule has 0 fully saturated rings. The van der Waals surface area contributed by atoms with Gasteiger partial charge in [0.1, 0.15) is 11.2 Å². The summed E-state index contributed by atoms with van der Waals surface area (Å²) in [5.74, 6) is 0. The van der Waals surface area contributed by atoms with Gasteiger partial charge < -0.3 is 15.6 Å². The van der Waals surface area contributed by atoms with Gasteiger partial charge in [-0.1, -0.05) is 36.7 Å². The predicted molar refractivity (Wildman–Crippen MR) is 97.4 cm³/mol. The monoisotopic (exact) mass is 362 g/mol. The van der Waals surface area contributed by atoms with Crippen LogP contribution in [0.25, 0.3) is 0 Å². The van der Waals surface area contributed by atoms with Crippen molar-refractivity contribution in [2.45, 2.75) is 44.8 Å². The summed E-state index contributed by atoms with van der Waals surface area (Å²) in [6.07, 6.45) is 1.60. The van der Waals surface area contributed by atoms with Crippen LogP contribution in [0.15, 0.2) is 42.6 Å². The first kappa shape index (κ1) is 19.2. The number of nitrogens with zero attached hydrogens (tertiary/aromatic N) is 1. The standard InChI is InChI=1S/C19H23ClN2O3/c1-4-19(24,14-7-9-15(20)10-8-14)16-13(6-5-11-22-16)12-18(2,3)25-17(21)23/h5-11,24H,4,12H2,1-3H3,(H2,21,23). The van der Waals surface area contributed by atoms with Gasteiger partial charge in [0.2, 0.25) is 0 Å². The molecule has 0 aliphatic heterocycles. The van der Waals surface area contributed by atoms with E-state index in [1.807, 2.05) is 13.0 Å². The maximum Gasteiger partial charge on any atom is 0.405 e. The zero-order chi connectivity index (χ0) is 18.7. The molecule has 0 spiro atoms. The zero-order valence-electron chi connectivity index (χ0n) is 14.6. The predicted octanol–water partition coefficient (Wildman–Crippen LogP) is 3.80. The van der Waals surface area contributed by atoms with Gasteiger partial charge in [-0.2, -0.15) is 0 Å². The highest BCUT2D eigenvalue weighted by atomic mass is 35.5. The van der Waals surface area contributed by atoms with Crippen molar-refractivity contribution in [3.05, 3.63) is 64.4 Å². The smallest absolute Gasteiger partial charge is 0.405 e. The van der Waals surface area contributed by atoms with Crippen LogP contribution in [0.1, 0.15) is 44.0 Å². The second kappa shape index (κ2) is 7.42. The number of aromatic nitrogens is 1.